The lowest BCUT2D eigenvalue weighted by Gasteiger charge is -2.37. The van der Waals surface area contributed by atoms with Gasteiger partial charge in [-0.15, -0.1) is 11.8 Å². The molecule has 1 aromatic carbocycles. The zero-order valence-corrected chi connectivity index (χ0v) is 33.9. The van der Waals surface area contributed by atoms with Crippen molar-refractivity contribution in [2.75, 3.05) is 38.5 Å². The fourth-order valence-electron chi connectivity index (χ4n) is 7.41. The molecular formula is C40H53N5O9S. The molecule has 3 atom stereocenters. The van der Waals surface area contributed by atoms with Crippen molar-refractivity contribution >= 4 is 29.6 Å². The molecule has 2 amide bonds. The monoisotopic (exact) mass is 779 g/mol. The average Bonchev–Trinajstić information content (AvgIpc) is 3.52. The number of hydrogen-bond acceptors (Lipinski definition) is 12. The molecule has 55 heavy (non-hydrogen) atoms. The van der Waals surface area contributed by atoms with Gasteiger partial charge in [0.05, 0.1) is 13.1 Å². The normalized spacial score (nSPS) is 23.7. The van der Waals surface area contributed by atoms with Crippen LogP contribution in [0.1, 0.15) is 80.6 Å². The van der Waals surface area contributed by atoms with Crippen LogP contribution in [-0.4, -0.2) is 85.5 Å². The molecule has 1 unspecified atom stereocenters. The van der Waals surface area contributed by atoms with Gasteiger partial charge in [0.1, 0.15) is 11.4 Å². The summed E-state index contributed by atoms with van der Waals surface area (Å²) in [4.78, 5) is 49.9. The van der Waals surface area contributed by atoms with E-state index in [1.165, 1.54) is 11.8 Å². The van der Waals surface area contributed by atoms with Crippen molar-refractivity contribution in [1.82, 2.24) is 20.6 Å². The van der Waals surface area contributed by atoms with Crippen molar-refractivity contribution in [2.24, 2.45) is 5.92 Å². The van der Waals surface area contributed by atoms with Gasteiger partial charge in [-0.3, -0.25) is 9.59 Å². The summed E-state index contributed by atoms with van der Waals surface area (Å²) in [5.41, 5.74) is 2.82. The van der Waals surface area contributed by atoms with Crippen molar-refractivity contribution in [1.29, 1.82) is 0 Å². The van der Waals surface area contributed by atoms with Gasteiger partial charge in [-0.2, -0.15) is 0 Å². The summed E-state index contributed by atoms with van der Waals surface area (Å²) in [5.74, 6) is 0.356. The summed E-state index contributed by atoms with van der Waals surface area (Å²) in [6, 6.07) is 7.54. The molecular weight excluding hydrogens is 727 g/mol. The van der Waals surface area contributed by atoms with Crippen molar-refractivity contribution in [2.45, 2.75) is 109 Å². The molecule has 14 nitrogen and oxygen atoms in total. The Hall–Kier alpha value is -4.31. The Morgan fingerprint density at radius 2 is 1.71 bits per heavy atom. The number of anilines is 1. The number of nitrogens with zero attached hydrogens (tertiary/aromatic N) is 2. The summed E-state index contributed by atoms with van der Waals surface area (Å²) >= 11 is 1.46. The van der Waals surface area contributed by atoms with E-state index in [9.17, 15) is 14.4 Å². The minimum absolute atomic E-state index is 0.00335. The Balaban J connectivity index is 1.29. The number of H-pyrrole nitrogens is 1. The van der Waals surface area contributed by atoms with Crippen LogP contribution in [0, 0.1) is 19.8 Å². The van der Waals surface area contributed by atoms with Crippen molar-refractivity contribution in [3.05, 3.63) is 63.2 Å². The molecule has 1 saturated heterocycles. The third-order valence-electron chi connectivity index (χ3n) is 10.4. The van der Waals surface area contributed by atoms with Gasteiger partial charge in [0.15, 0.2) is 24.1 Å². The Labute approximate surface area is 326 Å². The number of rotatable bonds is 10. The molecule has 2 fully saturated rings. The SMILES string of the molecule is CO[C@H]1CN(c2ccc(-c3cc(C(=O)NCc4c(SC)cc(C)[nH]c4=O)c(C)c4c3OC(C)([C@H]3CC[C@H](NC(=O)OC(C)(C)C)CC3)O4)cn2)C[C@@H](OC)O1. The minimum atomic E-state index is -1.03. The largest absolute Gasteiger partial charge is 0.448 e. The summed E-state index contributed by atoms with van der Waals surface area (Å²) in [5, 5.41) is 5.99. The Morgan fingerprint density at radius 3 is 2.31 bits per heavy atom. The summed E-state index contributed by atoms with van der Waals surface area (Å²) in [6.07, 6.45) is 5.25. The third-order valence-corrected chi connectivity index (χ3v) is 11.2. The molecule has 4 heterocycles. The number of methoxy groups -OCH3 is 2. The maximum Gasteiger partial charge on any atom is 0.407 e. The number of amides is 2. The van der Waals surface area contributed by atoms with Crippen LogP contribution >= 0.6 is 11.8 Å². The molecule has 3 N–H and O–H groups in total. The smallest absolute Gasteiger partial charge is 0.407 e. The van der Waals surface area contributed by atoms with Crippen LogP contribution in [0.25, 0.3) is 11.1 Å². The highest BCUT2D eigenvalue weighted by atomic mass is 32.2. The lowest BCUT2D eigenvalue weighted by Crippen LogP contribution is -2.49. The van der Waals surface area contributed by atoms with E-state index in [2.05, 4.69) is 15.6 Å². The number of benzene rings is 1. The van der Waals surface area contributed by atoms with E-state index in [0.717, 1.165) is 41.8 Å². The third kappa shape index (κ3) is 9.06. The molecule has 6 rings (SSSR count). The fourth-order valence-corrected chi connectivity index (χ4v) is 8.11. The van der Waals surface area contributed by atoms with E-state index in [0.29, 0.717) is 52.7 Å². The maximum atomic E-state index is 14.0. The number of aromatic nitrogens is 2. The molecule has 15 heteroatoms. The summed E-state index contributed by atoms with van der Waals surface area (Å²) in [7, 11) is 3.18. The zero-order chi connectivity index (χ0) is 39.7. The second-order valence-electron chi connectivity index (χ2n) is 15.5. The number of carbonyl (C=O) groups is 2. The number of hydrogen-bond donors (Lipinski definition) is 3. The zero-order valence-electron chi connectivity index (χ0n) is 33.1. The number of aryl methyl sites for hydroxylation is 1. The van der Waals surface area contributed by atoms with E-state index >= 15 is 0 Å². The molecule has 0 bridgehead atoms. The van der Waals surface area contributed by atoms with Crippen molar-refractivity contribution in [3.8, 4) is 22.6 Å². The number of pyridine rings is 2. The van der Waals surface area contributed by atoms with Gasteiger partial charge in [-0.25, -0.2) is 9.78 Å². The molecule has 0 spiro atoms. The number of ether oxygens (including phenoxy) is 6. The first-order valence-electron chi connectivity index (χ1n) is 18.6. The second-order valence-corrected chi connectivity index (χ2v) is 16.3. The number of carbonyl (C=O) groups excluding carboxylic acids is 2. The second kappa shape index (κ2) is 16.4. The van der Waals surface area contributed by atoms with Crippen molar-refractivity contribution in [3.63, 3.8) is 0 Å². The van der Waals surface area contributed by atoms with Gasteiger partial charge in [-0.1, -0.05) is 0 Å². The van der Waals surface area contributed by atoms with Gasteiger partial charge in [-0.05, 0) is 90.8 Å². The highest BCUT2D eigenvalue weighted by molar-refractivity contribution is 7.98. The minimum Gasteiger partial charge on any atom is -0.448 e. The maximum absolute atomic E-state index is 14.0. The number of thioether (sulfide) groups is 1. The predicted molar refractivity (Wildman–Crippen MR) is 209 cm³/mol. The van der Waals surface area contributed by atoms with Crippen LogP contribution in [0.5, 0.6) is 11.5 Å². The first kappa shape index (κ1) is 40.4. The number of morpholine rings is 1. The highest BCUT2D eigenvalue weighted by Crippen LogP contribution is 2.53. The average molecular weight is 780 g/mol. The first-order chi connectivity index (χ1) is 26.1. The van der Waals surface area contributed by atoms with Gasteiger partial charge in [0, 0.05) is 84.3 Å². The van der Waals surface area contributed by atoms with Gasteiger partial charge in [0.25, 0.3) is 17.3 Å². The van der Waals surface area contributed by atoms with E-state index < -0.39 is 30.1 Å². The Morgan fingerprint density at radius 1 is 1.04 bits per heavy atom. The molecule has 3 aromatic rings. The number of alkyl carbamates (subject to hydrolysis) is 1. The van der Waals surface area contributed by atoms with Crippen LogP contribution in [0.2, 0.25) is 0 Å². The molecule has 2 aromatic heterocycles. The van der Waals surface area contributed by atoms with E-state index in [-0.39, 0.29) is 30.0 Å². The van der Waals surface area contributed by atoms with E-state index in [1.54, 1.807) is 20.4 Å². The van der Waals surface area contributed by atoms with Crippen LogP contribution in [0.3, 0.4) is 0 Å². The van der Waals surface area contributed by atoms with Crippen LogP contribution in [0.4, 0.5) is 10.6 Å². The quantitative estimate of drug-likeness (QED) is 0.204. The van der Waals surface area contributed by atoms with Crippen LogP contribution < -0.4 is 30.6 Å². The number of aromatic amines is 1. The number of nitrogens with one attached hydrogen (secondary N) is 3. The van der Waals surface area contributed by atoms with Crippen LogP contribution in [-0.2, 0) is 25.5 Å². The highest BCUT2D eigenvalue weighted by Gasteiger charge is 2.48. The molecule has 1 aliphatic carbocycles. The van der Waals surface area contributed by atoms with Gasteiger partial charge >= 0.3 is 6.09 Å². The lowest BCUT2D eigenvalue weighted by molar-refractivity contribution is -0.235. The standard InChI is InChI=1S/C40H53N5O9S/c1-22-16-30(55-9)29(37(47)43-22)19-42-36(46)27-17-28(24-10-15-31(41-18-24)45-20-32(49-7)51-33(21-45)50-8)35-34(23(27)2)52-40(6,53-35)25-11-13-26(14-12-25)44-38(48)54-39(3,4)5/h10,15-18,25-26,32-33H,11-14,19-21H2,1-9H3,(H,42,46)(H,43,47)(H,44,48)/t25-,26-,32-,33+,40?. The predicted octanol–water partition coefficient (Wildman–Crippen LogP) is 6.06. The summed E-state index contributed by atoms with van der Waals surface area (Å²) < 4.78 is 35.7. The fraction of sp³-hybridized carbons (Fsp3) is 0.550. The molecule has 298 valence electrons. The molecule has 1 saturated carbocycles. The molecule has 2 aliphatic heterocycles. The van der Waals surface area contributed by atoms with E-state index in [4.69, 9.17) is 33.4 Å². The van der Waals surface area contributed by atoms with Crippen LogP contribution in [0.15, 0.2) is 40.2 Å². The number of fused-ring (bicyclic) bond motifs is 1. The topological polar surface area (TPSA) is 163 Å². The molecule has 3 aliphatic rings. The van der Waals surface area contributed by atoms with E-state index in [1.807, 2.05) is 77.0 Å². The van der Waals surface area contributed by atoms with Gasteiger partial charge in [0.2, 0.25) is 0 Å². The molecule has 0 radical (unpaired) electrons. The Kier molecular flexibility index (Phi) is 12.1. The lowest BCUT2D eigenvalue weighted by atomic mass is 9.81. The first-order valence-corrected chi connectivity index (χ1v) is 19.9. The Bertz CT molecular complexity index is 1930. The van der Waals surface area contributed by atoms with Crippen molar-refractivity contribution < 1.29 is 38.0 Å². The van der Waals surface area contributed by atoms with Gasteiger partial charge < -0.3 is 48.9 Å². The summed E-state index contributed by atoms with van der Waals surface area (Å²) in [6.45, 7) is 12.1.